The Morgan fingerprint density at radius 1 is 0.840 bits per heavy atom. The molecule has 0 saturated heterocycles. The van der Waals surface area contributed by atoms with Gasteiger partial charge in [-0.2, -0.15) is 12.1 Å². The van der Waals surface area contributed by atoms with Crippen LogP contribution in [0.3, 0.4) is 0 Å². The van der Waals surface area contributed by atoms with Crippen LogP contribution in [0.25, 0.3) is 0 Å². The fraction of sp³-hybridized carbons (Fsp3) is 0.545. The molecule has 0 radical (unpaired) electrons. The fourth-order valence-electron chi connectivity index (χ4n) is 3.21. The molecule has 0 fully saturated rings. The zero-order valence-corrected chi connectivity index (χ0v) is 19.7. The average Bonchev–Trinajstić information content (AvgIpc) is 3.20. The third-order valence-electron chi connectivity index (χ3n) is 4.05. The molecule has 0 bridgehead atoms. The molecule has 0 amide bonds. The summed E-state index contributed by atoms with van der Waals surface area (Å²) in [6.07, 6.45) is 5.48. The summed E-state index contributed by atoms with van der Waals surface area (Å²) < 4.78 is 0. The van der Waals surface area contributed by atoms with Crippen LogP contribution in [0, 0.1) is 0 Å². The summed E-state index contributed by atoms with van der Waals surface area (Å²) in [7, 11) is 0.244. The maximum Gasteiger partial charge on any atom is 0 e. The van der Waals surface area contributed by atoms with Crippen molar-refractivity contribution < 1.29 is 17.1 Å². The summed E-state index contributed by atoms with van der Waals surface area (Å²) in [5, 5.41) is 3.17. The molecule has 0 spiro atoms. The van der Waals surface area contributed by atoms with Crippen molar-refractivity contribution >= 4 is 26.5 Å². The molecular weight excluding hydrogens is 382 g/mol. The largest absolute Gasteiger partial charge is 0.747 e. The van der Waals surface area contributed by atoms with Crippen LogP contribution >= 0.6 is 15.8 Å². The Hall–Kier alpha value is 0.0795. The zero-order valence-electron chi connectivity index (χ0n) is 16.8. The summed E-state index contributed by atoms with van der Waals surface area (Å²) in [4.78, 5) is 0. The average molecular weight is 418 g/mol. The van der Waals surface area contributed by atoms with Gasteiger partial charge in [-0.3, -0.25) is 0 Å². The molecule has 148 valence electrons. The van der Waals surface area contributed by atoms with Crippen LogP contribution in [0.5, 0.6) is 0 Å². The van der Waals surface area contributed by atoms with E-state index in [9.17, 15) is 0 Å². The Labute approximate surface area is 169 Å². The molecule has 0 nitrogen and oxygen atoms in total. The summed E-state index contributed by atoms with van der Waals surface area (Å²) in [6.45, 7) is 13.9. The Morgan fingerprint density at radius 3 is 1.64 bits per heavy atom. The van der Waals surface area contributed by atoms with Crippen LogP contribution in [0.1, 0.15) is 54.4 Å². The molecule has 0 aliphatic heterocycles. The molecular formula is C22H36FeP2-6. The van der Waals surface area contributed by atoms with Crippen LogP contribution in [0.2, 0.25) is 0 Å². The van der Waals surface area contributed by atoms with Crippen molar-refractivity contribution in [3.8, 4) is 0 Å². The van der Waals surface area contributed by atoms with Gasteiger partial charge in [-0.1, -0.05) is 65.7 Å². The van der Waals surface area contributed by atoms with E-state index in [4.69, 9.17) is 0 Å². The standard InChI is InChI=1S/2C11H18P.Fe/c1-9(2)12(10(3)4)11-7-5-6-8-11;1-3-9-12(10-4-2)11-7-5-6-8-11;/h5-10H,1-4H3;5-8H,3-4,9-10H2,1-2H3;/q-5;-1;. The van der Waals surface area contributed by atoms with Gasteiger partial charge in [-0.25, -0.2) is 12.1 Å². The van der Waals surface area contributed by atoms with E-state index >= 15 is 0 Å². The first-order valence-corrected chi connectivity index (χ1v) is 12.7. The van der Waals surface area contributed by atoms with Gasteiger partial charge in [0, 0.05) is 17.1 Å². The van der Waals surface area contributed by atoms with Gasteiger partial charge in [-0.15, -0.1) is 13.2 Å². The molecule has 2 aromatic carbocycles. The summed E-state index contributed by atoms with van der Waals surface area (Å²) in [6, 6.07) is 17.7. The topological polar surface area (TPSA) is 0 Å². The molecule has 0 atom stereocenters. The minimum absolute atomic E-state index is 0. The predicted octanol–water partition coefficient (Wildman–Crippen LogP) is 6.66. The third-order valence-corrected chi connectivity index (χ3v) is 10.2. The van der Waals surface area contributed by atoms with E-state index in [2.05, 4.69) is 90.1 Å². The SMILES string of the molecule is CC(C)P([c-]1[cH-][cH-][cH-][cH-]1)C(C)C.CCCP(CCC)[c-]1cccc1.[Fe]. The van der Waals surface area contributed by atoms with E-state index in [0.29, 0.717) is 0 Å². The maximum atomic E-state index is 2.33. The molecule has 0 aromatic heterocycles. The number of hydrogen-bond acceptors (Lipinski definition) is 0. The van der Waals surface area contributed by atoms with Gasteiger partial charge in [0.15, 0.2) is 0 Å². The van der Waals surface area contributed by atoms with Gasteiger partial charge >= 0.3 is 0 Å². The van der Waals surface area contributed by atoms with Crippen LogP contribution in [-0.4, -0.2) is 23.6 Å². The van der Waals surface area contributed by atoms with Crippen molar-refractivity contribution in [1.29, 1.82) is 0 Å². The molecule has 0 unspecified atom stereocenters. The Bertz CT molecular complexity index is 486. The van der Waals surface area contributed by atoms with E-state index in [1.54, 1.807) is 10.6 Å². The van der Waals surface area contributed by atoms with Crippen molar-refractivity contribution in [2.24, 2.45) is 0 Å². The van der Waals surface area contributed by atoms with Gasteiger partial charge in [0.05, 0.1) is 0 Å². The maximum absolute atomic E-state index is 2.33. The van der Waals surface area contributed by atoms with E-state index in [-0.39, 0.29) is 32.9 Å². The van der Waals surface area contributed by atoms with Crippen LogP contribution in [0.4, 0.5) is 0 Å². The Morgan fingerprint density at radius 2 is 1.28 bits per heavy atom. The first-order valence-electron chi connectivity index (χ1n) is 9.47. The second-order valence-electron chi connectivity index (χ2n) is 6.87. The summed E-state index contributed by atoms with van der Waals surface area (Å²) in [5.41, 5.74) is 1.62. The van der Waals surface area contributed by atoms with E-state index in [1.165, 1.54) is 25.2 Å². The van der Waals surface area contributed by atoms with E-state index in [1.807, 2.05) is 0 Å². The van der Waals surface area contributed by atoms with Gasteiger partial charge in [-0.05, 0) is 12.3 Å². The molecule has 3 heteroatoms. The van der Waals surface area contributed by atoms with Crippen LogP contribution in [0.15, 0.2) is 48.5 Å². The minimum atomic E-state index is 0. The van der Waals surface area contributed by atoms with Crippen molar-refractivity contribution in [3.05, 3.63) is 48.5 Å². The predicted molar refractivity (Wildman–Crippen MR) is 118 cm³/mol. The fourth-order valence-corrected chi connectivity index (χ4v) is 8.53. The Kier molecular flexibility index (Phi) is 14.2. The smallest absolute Gasteiger partial charge is 0 e. The second-order valence-corrected chi connectivity index (χ2v) is 12.8. The van der Waals surface area contributed by atoms with Crippen LogP contribution < -0.4 is 10.6 Å². The third kappa shape index (κ3) is 9.02. The van der Waals surface area contributed by atoms with Crippen LogP contribution in [-0.2, 0) is 17.1 Å². The number of hydrogen-bond donors (Lipinski definition) is 0. The minimum Gasteiger partial charge on any atom is -0.747 e. The van der Waals surface area contributed by atoms with Crippen molar-refractivity contribution in [3.63, 3.8) is 0 Å². The van der Waals surface area contributed by atoms with Crippen molar-refractivity contribution in [1.82, 2.24) is 0 Å². The summed E-state index contributed by atoms with van der Waals surface area (Å²) in [5.74, 6) is 0. The number of rotatable bonds is 8. The molecule has 0 aliphatic rings. The molecule has 0 saturated carbocycles. The summed E-state index contributed by atoms with van der Waals surface area (Å²) >= 11 is 0. The van der Waals surface area contributed by atoms with Crippen molar-refractivity contribution in [2.75, 3.05) is 12.3 Å². The molecule has 2 aromatic rings. The monoisotopic (exact) mass is 418 g/mol. The van der Waals surface area contributed by atoms with Gasteiger partial charge in [0.25, 0.3) is 0 Å². The Balaban J connectivity index is 0.000000443. The molecule has 2 rings (SSSR count). The molecule has 0 heterocycles. The first-order chi connectivity index (χ1) is 11.5. The second kappa shape index (κ2) is 14.2. The molecule has 0 N–H and O–H groups in total. The van der Waals surface area contributed by atoms with Gasteiger partial charge in [0.1, 0.15) is 0 Å². The van der Waals surface area contributed by atoms with Gasteiger partial charge < -0.3 is 37.5 Å². The zero-order chi connectivity index (χ0) is 17.9. The first kappa shape index (κ1) is 25.1. The quantitative estimate of drug-likeness (QED) is 0.256. The van der Waals surface area contributed by atoms with Crippen molar-refractivity contribution in [2.45, 2.75) is 65.7 Å². The van der Waals surface area contributed by atoms with E-state index < -0.39 is 0 Å². The van der Waals surface area contributed by atoms with Gasteiger partial charge in [0.2, 0.25) is 0 Å². The van der Waals surface area contributed by atoms with E-state index in [0.717, 1.165) is 11.3 Å². The normalized spacial score (nSPS) is 11.0. The molecule has 0 aliphatic carbocycles. The molecule has 25 heavy (non-hydrogen) atoms.